The lowest BCUT2D eigenvalue weighted by molar-refractivity contribution is 0.544. The third-order valence-electron chi connectivity index (χ3n) is 2.80. The molecule has 2 aromatic carbocycles. The van der Waals surface area contributed by atoms with Crippen molar-refractivity contribution in [2.24, 2.45) is 0 Å². The highest BCUT2D eigenvalue weighted by Crippen LogP contribution is 2.34. The van der Waals surface area contributed by atoms with Gasteiger partial charge in [0.05, 0.1) is 21.8 Å². The molecule has 0 bridgehead atoms. The van der Waals surface area contributed by atoms with Gasteiger partial charge >= 0.3 is 0 Å². The van der Waals surface area contributed by atoms with E-state index >= 15 is 0 Å². The Morgan fingerprint density at radius 1 is 1.00 bits per heavy atom. The molecular formula is C14H10Cl2F3N. The zero-order chi connectivity index (χ0) is 14.9. The van der Waals surface area contributed by atoms with Crippen molar-refractivity contribution < 1.29 is 13.2 Å². The van der Waals surface area contributed by atoms with Gasteiger partial charge in [-0.05, 0) is 31.2 Å². The molecule has 6 heteroatoms. The zero-order valence-corrected chi connectivity index (χ0v) is 11.9. The van der Waals surface area contributed by atoms with Crippen molar-refractivity contribution in [2.45, 2.75) is 13.0 Å². The molecule has 0 amide bonds. The second kappa shape index (κ2) is 5.94. The first-order chi connectivity index (χ1) is 9.40. The van der Waals surface area contributed by atoms with Crippen LogP contribution in [-0.4, -0.2) is 0 Å². The largest absolute Gasteiger partial charge is 0.376 e. The van der Waals surface area contributed by atoms with Crippen molar-refractivity contribution in [1.29, 1.82) is 0 Å². The number of hydrogen-bond acceptors (Lipinski definition) is 1. The summed E-state index contributed by atoms with van der Waals surface area (Å²) >= 11 is 11.7. The van der Waals surface area contributed by atoms with E-state index in [4.69, 9.17) is 23.2 Å². The highest BCUT2D eigenvalue weighted by Gasteiger charge is 2.18. The Kier molecular flexibility index (Phi) is 4.45. The molecule has 0 aliphatic rings. The van der Waals surface area contributed by atoms with Crippen LogP contribution in [0.5, 0.6) is 0 Å². The second-order valence-corrected chi connectivity index (χ2v) is 5.06. The summed E-state index contributed by atoms with van der Waals surface area (Å²) in [6.07, 6.45) is 0. The van der Waals surface area contributed by atoms with Crippen LogP contribution in [0.3, 0.4) is 0 Å². The lowest BCUT2D eigenvalue weighted by atomic mass is 10.1. The Balaban J connectivity index is 2.35. The van der Waals surface area contributed by atoms with E-state index in [1.54, 1.807) is 6.92 Å². The molecule has 1 nitrogen and oxygen atoms in total. The molecule has 0 saturated heterocycles. The van der Waals surface area contributed by atoms with Crippen LogP contribution in [0.2, 0.25) is 10.0 Å². The minimum atomic E-state index is -0.725. The van der Waals surface area contributed by atoms with Gasteiger partial charge in [-0.15, -0.1) is 0 Å². The van der Waals surface area contributed by atoms with Crippen molar-refractivity contribution in [3.05, 3.63) is 63.4 Å². The minimum absolute atomic E-state index is 0.0404. The molecule has 0 aliphatic carbocycles. The number of nitrogens with one attached hydrogen (secondary N) is 1. The zero-order valence-electron chi connectivity index (χ0n) is 10.4. The topological polar surface area (TPSA) is 12.0 Å². The summed E-state index contributed by atoms with van der Waals surface area (Å²) in [5.74, 6) is -1.95. The monoisotopic (exact) mass is 319 g/mol. The maximum atomic E-state index is 13.7. The van der Waals surface area contributed by atoms with Gasteiger partial charge in [0.25, 0.3) is 0 Å². The Hall–Kier alpha value is -1.39. The van der Waals surface area contributed by atoms with Crippen LogP contribution in [0.1, 0.15) is 18.5 Å². The van der Waals surface area contributed by atoms with E-state index in [9.17, 15) is 13.2 Å². The van der Waals surface area contributed by atoms with Crippen LogP contribution in [-0.2, 0) is 0 Å². The summed E-state index contributed by atoms with van der Waals surface area (Å²) < 4.78 is 40.4. The molecule has 0 saturated carbocycles. The molecule has 1 atom stereocenters. The predicted octanol–water partition coefficient (Wildman–Crippen LogP) is 5.58. The normalized spacial score (nSPS) is 12.3. The lowest BCUT2D eigenvalue weighted by Crippen LogP contribution is -2.11. The van der Waals surface area contributed by atoms with Crippen molar-refractivity contribution in [1.82, 2.24) is 0 Å². The van der Waals surface area contributed by atoms with E-state index in [-0.39, 0.29) is 21.3 Å². The number of anilines is 1. The van der Waals surface area contributed by atoms with Gasteiger partial charge in [-0.2, -0.15) is 0 Å². The molecule has 2 rings (SSSR count). The fourth-order valence-electron chi connectivity index (χ4n) is 1.89. The fraction of sp³-hybridized carbons (Fsp3) is 0.143. The summed E-state index contributed by atoms with van der Waals surface area (Å²) in [4.78, 5) is 0. The van der Waals surface area contributed by atoms with Crippen molar-refractivity contribution in [3.63, 3.8) is 0 Å². The van der Waals surface area contributed by atoms with E-state index < -0.39 is 23.5 Å². The number of rotatable bonds is 3. The maximum absolute atomic E-state index is 13.7. The highest BCUT2D eigenvalue weighted by atomic mass is 35.5. The molecule has 0 spiro atoms. The molecule has 20 heavy (non-hydrogen) atoms. The van der Waals surface area contributed by atoms with Gasteiger partial charge in [0, 0.05) is 5.56 Å². The molecule has 0 heterocycles. The summed E-state index contributed by atoms with van der Waals surface area (Å²) in [7, 11) is 0. The van der Waals surface area contributed by atoms with E-state index in [1.807, 2.05) is 0 Å². The average Bonchev–Trinajstić information content (AvgIpc) is 2.33. The van der Waals surface area contributed by atoms with E-state index in [0.717, 1.165) is 24.3 Å². The Bertz CT molecular complexity index is 603. The molecule has 0 radical (unpaired) electrons. The summed E-state index contributed by atoms with van der Waals surface area (Å²) in [5, 5.41) is 2.87. The quantitative estimate of drug-likeness (QED) is 0.778. The van der Waals surface area contributed by atoms with E-state index in [2.05, 4.69) is 5.32 Å². The number of hydrogen-bond donors (Lipinski definition) is 1. The standard InChI is InChI=1S/C14H10Cl2F3N/c1-7(13-11(18)3-2-4-12(13)19)20-14-9(15)5-8(17)6-10(14)16/h2-7,20H,1H3. The van der Waals surface area contributed by atoms with Crippen molar-refractivity contribution in [3.8, 4) is 0 Å². The SMILES string of the molecule is CC(Nc1c(Cl)cc(F)cc1Cl)c1c(F)cccc1F. The molecule has 0 aliphatic heterocycles. The third kappa shape index (κ3) is 3.02. The van der Waals surface area contributed by atoms with Crippen molar-refractivity contribution in [2.75, 3.05) is 5.32 Å². The van der Waals surface area contributed by atoms with Crippen LogP contribution < -0.4 is 5.32 Å². The van der Waals surface area contributed by atoms with Gasteiger partial charge in [-0.1, -0.05) is 29.3 Å². The summed E-state index contributed by atoms with van der Waals surface area (Å²) in [5.41, 5.74) is 0.0915. The van der Waals surface area contributed by atoms with Gasteiger partial charge < -0.3 is 5.32 Å². The highest BCUT2D eigenvalue weighted by molar-refractivity contribution is 6.39. The second-order valence-electron chi connectivity index (χ2n) is 4.25. The van der Waals surface area contributed by atoms with Crippen LogP contribution in [0.25, 0.3) is 0 Å². The molecule has 1 unspecified atom stereocenters. The van der Waals surface area contributed by atoms with Gasteiger partial charge in [0.1, 0.15) is 17.5 Å². The summed E-state index contributed by atoms with van der Waals surface area (Å²) in [6.45, 7) is 1.55. The average molecular weight is 320 g/mol. The Morgan fingerprint density at radius 3 is 2.00 bits per heavy atom. The van der Waals surface area contributed by atoms with E-state index in [0.29, 0.717) is 0 Å². The van der Waals surface area contributed by atoms with Gasteiger partial charge in [0.2, 0.25) is 0 Å². The first-order valence-electron chi connectivity index (χ1n) is 5.75. The van der Waals surface area contributed by atoms with Gasteiger partial charge in [-0.25, -0.2) is 13.2 Å². The summed E-state index contributed by atoms with van der Waals surface area (Å²) in [6, 6.07) is 5.00. The van der Waals surface area contributed by atoms with E-state index in [1.165, 1.54) is 6.07 Å². The fourth-order valence-corrected chi connectivity index (χ4v) is 2.46. The van der Waals surface area contributed by atoms with Crippen LogP contribution in [0.4, 0.5) is 18.9 Å². The molecule has 1 N–H and O–H groups in total. The third-order valence-corrected chi connectivity index (χ3v) is 3.40. The van der Waals surface area contributed by atoms with Crippen LogP contribution in [0, 0.1) is 17.5 Å². The van der Waals surface area contributed by atoms with Crippen LogP contribution >= 0.6 is 23.2 Å². The van der Waals surface area contributed by atoms with Crippen molar-refractivity contribution >= 4 is 28.9 Å². The number of benzene rings is 2. The number of halogens is 5. The molecular weight excluding hydrogens is 310 g/mol. The molecule has 2 aromatic rings. The lowest BCUT2D eigenvalue weighted by Gasteiger charge is -2.19. The first kappa shape index (κ1) is 15.0. The maximum Gasteiger partial charge on any atom is 0.131 e. The first-order valence-corrected chi connectivity index (χ1v) is 6.50. The van der Waals surface area contributed by atoms with Gasteiger partial charge in [0.15, 0.2) is 0 Å². The Labute approximate surface area is 124 Å². The molecule has 0 fully saturated rings. The smallest absolute Gasteiger partial charge is 0.131 e. The Morgan fingerprint density at radius 2 is 1.50 bits per heavy atom. The molecule has 106 valence electrons. The van der Waals surface area contributed by atoms with Crippen LogP contribution in [0.15, 0.2) is 30.3 Å². The predicted molar refractivity (Wildman–Crippen MR) is 74.8 cm³/mol. The minimum Gasteiger partial charge on any atom is -0.376 e. The van der Waals surface area contributed by atoms with Gasteiger partial charge in [-0.3, -0.25) is 0 Å². The molecule has 0 aromatic heterocycles.